The fraction of sp³-hybridized carbons (Fsp3) is 0.462. The highest BCUT2D eigenvalue weighted by molar-refractivity contribution is 9.10. The first kappa shape index (κ1) is 14.2. The van der Waals surface area contributed by atoms with Crippen LogP contribution >= 0.6 is 15.9 Å². The minimum absolute atomic E-state index is 0.0158. The van der Waals surface area contributed by atoms with Gasteiger partial charge in [0.15, 0.2) is 0 Å². The molecule has 1 aromatic rings. The lowest BCUT2D eigenvalue weighted by Gasteiger charge is -2.17. The van der Waals surface area contributed by atoms with Gasteiger partial charge in [0.25, 0.3) is 0 Å². The van der Waals surface area contributed by atoms with Crippen molar-refractivity contribution in [3.63, 3.8) is 0 Å². The topological polar surface area (TPSA) is 41.1 Å². The molecule has 2 atom stereocenters. The molecule has 1 amide bonds. The summed E-state index contributed by atoms with van der Waals surface area (Å²) in [6.45, 7) is 4.60. The van der Waals surface area contributed by atoms with Crippen LogP contribution in [-0.4, -0.2) is 19.5 Å². The molecule has 0 fully saturated rings. The number of carbonyl (C=O) groups excluding carboxylic acids is 1. The molecule has 0 heterocycles. The van der Waals surface area contributed by atoms with E-state index >= 15 is 0 Å². The number of carbonyl (C=O) groups is 1. The van der Waals surface area contributed by atoms with Crippen LogP contribution in [0.5, 0.6) is 0 Å². The Hall–Kier alpha value is -0.870. The molecule has 0 aliphatic heterocycles. The monoisotopic (exact) mass is 298 g/mol. The van der Waals surface area contributed by atoms with Crippen molar-refractivity contribution in [2.75, 3.05) is 13.6 Å². The summed E-state index contributed by atoms with van der Waals surface area (Å²) >= 11 is 3.39. The summed E-state index contributed by atoms with van der Waals surface area (Å²) in [6.07, 6.45) is 0. The molecule has 2 N–H and O–H groups in total. The van der Waals surface area contributed by atoms with E-state index in [1.807, 2.05) is 45.2 Å². The Morgan fingerprint density at radius 2 is 1.88 bits per heavy atom. The number of nitrogens with one attached hydrogen (secondary N) is 2. The largest absolute Gasteiger partial charge is 0.349 e. The first-order valence-electron chi connectivity index (χ1n) is 5.75. The molecule has 0 spiro atoms. The Bertz CT molecular complexity index is 364. The highest BCUT2D eigenvalue weighted by Crippen LogP contribution is 2.16. The highest BCUT2D eigenvalue weighted by atomic mass is 79.9. The number of hydrogen-bond acceptors (Lipinski definition) is 2. The van der Waals surface area contributed by atoms with E-state index in [2.05, 4.69) is 26.6 Å². The molecular formula is C13H19BrN2O. The molecule has 3 nitrogen and oxygen atoms in total. The minimum Gasteiger partial charge on any atom is -0.349 e. The third-order valence-electron chi connectivity index (χ3n) is 2.69. The van der Waals surface area contributed by atoms with Crippen molar-refractivity contribution in [1.29, 1.82) is 0 Å². The van der Waals surface area contributed by atoms with Crippen LogP contribution in [0.3, 0.4) is 0 Å². The van der Waals surface area contributed by atoms with E-state index < -0.39 is 0 Å². The van der Waals surface area contributed by atoms with Crippen molar-refractivity contribution < 1.29 is 4.79 Å². The maximum atomic E-state index is 11.8. The Balaban J connectivity index is 2.57. The molecule has 0 aliphatic rings. The average molecular weight is 299 g/mol. The van der Waals surface area contributed by atoms with Crippen molar-refractivity contribution in [3.8, 4) is 0 Å². The van der Waals surface area contributed by atoms with E-state index in [0.717, 1.165) is 10.0 Å². The van der Waals surface area contributed by atoms with E-state index in [-0.39, 0.29) is 17.9 Å². The molecule has 1 rings (SSSR count). The van der Waals surface area contributed by atoms with Crippen molar-refractivity contribution in [2.24, 2.45) is 5.92 Å². The average Bonchev–Trinajstić information content (AvgIpc) is 2.30. The molecule has 0 aliphatic carbocycles. The lowest BCUT2D eigenvalue weighted by molar-refractivity contribution is -0.125. The number of hydrogen-bond donors (Lipinski definition) is 2. The van der Waals surface area contributed by atoms with Gasteiger partial charge < -0.3 is 10.6 Å². The van der Waals surface area contributed by atoms with Crippen LogP contribution < -0.4 is 10.6 Å². The first-order valence-corrected chi connectivity index (χ1v) is 6.54. The maximum Gasteiger partial charge on any atom is 0.224 e. The molecule has 0 bridgehead atoms. The van der Waals surface area contributed by atoms with Crippen molar-refractivity contribution in [2.45, 2.75) is 19.9 Å². The zero-order valence-electron chi connectivity index (χ0n) is 10.5. The second kappa shape index (κ2) is 6.77. The van der Waals surface area contributed by atoms with Crippen LogP contribution in [0.1, 0.15) is 25.5 Å². The Kier molecular flexibility index (Phi) is 5.65. The standard InChI is InChI=1S/C13H19BrN2O/c1-9(8-15-3)13(17)16-10(2)11-4-6-12(14)7-5-11/h4-7,9-10,15H,8H2,1-3H3,(H,16,17)/t9?,10-/m1/s1. The zero-order valence-corrected chi connectivity index (χ0v) is 12.0. The molecular weight excluding hydrogens is 280 g/mol. The van der Waals surface area contributed by atoms with Crippen LogP contribution in [0.2, 0.25) is 0 Å². The predicted molar refractivity (Wildman–Crippen MR) is 73.8 cm³/mol. The quantitative estimate of drug-likeness (QED) is 0.877. The molecule has 17 heavy (non-hydrogen) atoms. The number of halogens is 1. The summed E-state index contributed by atoms with van der Waals surface area (Å²) in [4.78, 5) is 11.8. The van der Waals surface area contributed by atoms with Crippen LogP contribution in [-0.2, 0) is 4.79 Å². The van der Waals surface area contributed by atoms with Gasteiger partial charge in [-0.1, -0.05) is 35.0 Å². The summed E-state index contributed by atoms with van der Waals surface area (Å²) in [5.74, 6) is 0.0627. The molecule has 0 radical (unpaired) electrons. The Morgan fingerprint density at radius 3 is 2.41 bits per heavy atom. The number of amides is 1. The van der Waals surface area contributed by atoms with Gasteiger partial charge in [0.2, 0.25) is 5.91 Å². The van der Waals surface area contributed by atoms with Crippen LogP contribution in [0, 0.1) is 5.92 Å². The van der Waals surface area contributed by atoms with Gasteiger partial charge in [-0.05, 0) is 31.7 Å². The summed E-state index contributed by atoms with van der Waals surface area (Å²) in [7, 11) is 1.85. The van der Waals surface area contributed by atoms with Gasteiger partial charge in [0.1, 0.15) is 0 Å². The van der Waals surface area contributed by atoms with Gasteiger partial charge in [-0.15, -0.1) is 0 Å². The van der Waals surface area contributed by atoms with Crippen LogP contribution in [0.15, 0.2) is 28.7 Å². The lowest BCUT2D eigenvalue weighted by Crippen LogP contribution is -2.35. The smallest absolute Gasteiger partial charge is 0.224 e. The first-order chi connectivity index (χ1) is 8.04. The predicted octanol–water partition coefficient (Wildman–Crippen LogP) is 2.48. The lowest BCUT2D eigenvalue weighted by atomic mass is 10.1. The van der Waals surface area contributed by atoms with Crippen LogP contribution in [0.4, 0.5) is 0 Å². The Labute approximate surface area is 111 Å². The molecule has 94 valence electrons. The van der Waals surface area contributed by atoms with Crippen LogP contribution in [0.25, 0.3) is 0 Å². The van der Waals surface area contributed by atoms with E-state index in [1.54, 1.807) is 0 Å². The molecule has 0 saturated heterocycles. The fourth-order valence-corrected chi connectivity index (χ4v) is 1.85. The summed E-state index contributed by atoms with van der Waals surface area (Å²) in [5, 5.41) is 6.01. The normalized spacial score (nSPS) is 14.1. The summed E-state index contributed by atoms with van der Waals surface area (Å²) < 4.78 is 1.04. The molecule has 4 heteroatoms. The summed E-state index contributed by atoms with van der Waals surface area (Å²) in [5.41, 5.74) is 1.11. The van der Waals surface area contributed by atoms with Gasteiger partial charge in [-0.25, -0.2) is 0 Å². The second-order valence-electron chi connectivity index (χ2n) is 4.24. The van der Waals surface area contributed by atoms with E-state index in [9.17, 15) is 4.79 Å². The van der Waals surface area contributed by atoms with E-state index in [1.165, 1.54) is 0 Å². The minimum atomic E-state index is -0.0158. The second-order valence-corrected chi connectivity index (χ2v) is 5.16. The molecule has 1 unspecified atom stereocenters. The highest BCUT2D eigenvalue weighted by Gasteiger charge is 2.15. The van der Waals surface area contributed by atoms with Gasteiger partial charge in [0.05, 0.1) is 6.04 Å². The van der Waals surface area contributed by atoms with E-state index in [0.29, 0.717) is 6.54 Å². The van der Waals surface area contributed by atoms with Crippen molar-refractivity contribution in [3.05, 3.63) is 34.3 Å². The zero-order chi connectivity index (χ0) is 12.8. The van der Waals surface area contributed by atoms with E-state index in [4.69, 9.17) is 0 Å². The maximum absolute atomic E-state index is 11.8. The SMILES string of the molecule is CNCC(C)C(=O)N[C@H](C)c1ccc(Br)cc1. The number of benzene rings is 1. The van der Waals surface area contributed by atoms with Gasteiger partial charge in [-0.3, -0.25) is 4.79 Å². The van der Waals surface area contributed by atoms with Crippen molar-refractivity contribution in [1.82, 2.24) is 10.6 Å². The number of rotatable bonds is 5. The van der Waals surface area contributed by atoms with Gasteiger partial charge >= 0.3 is 0 Å². The Morgan fingerprint density at radius 1 is 1.29 bits per heavy atom. The molecule has 0 aromatic heterocycles. The molecule has 0 saturated carbocycles. The van der Waals surface area contributed by atoms with Gasteiger partial charge in [0, 0.05) is 16.9 Å². The third kappa shape index (κ3) is 4.48. The van der Waals surface area contributed by atoms with Gasteiger partial charge in [-0.2, -0.15) is 0 Å². The summed E-state index contributed by atoms with van der Waals surface area (Å²) in [6, 6.07) is 8.02. The third-order valence-corrected chi connectivity index (χ3v) is 3.22. The fourth-order valence-electron chi connectivity index (χ4n) is 1.59. The van der Waals surface area contributed by atoms with Crippen molar-refractivity contribution >= 4 is 21.8 Å². The molecule has 1 aromatic carbocycles.